The van der Waals surface area contributed by atoms with Gasteiger partial charge in [-0.25, -0.2) is 8.78 Å². The van der Waals surface area contributed by atoms with E-state index in [1.54, 1.807) is 20.8 Å². The monoisotopic (exact) mass is 276 g/mol. The Morgan fingerprint density at radius 1 is 1.20 bits per heavy atom. The quantitative estimate of drug-likeness (QED) is 0.561. The summed E-state index contributed by atoms with van der Waals surface area (Å²) >= 11 is 2.85. The molecule has 1 nitrogen and oxygen atoms in total. The van der Waals surface area contributed by atoms with Crippen LogP contribution in [0.2, 0.25) is 0 Å². The van der Waals surface area contributed by atoms with Crippen LogP contribution in [0, 0.1) is 17.0 Å². The van der Waals surface area contributed by atoms with Crippen molar-refractivity contribution in [2.24, 2.45) is 5.41 Å². The minimum absolute atomic E-state index is 0.0189. The maximum absolute atomic E-state index is 13.4. The molecule has 0 spiro atoms. The van der Waals surface area contributed by atoms with E-state index in [-0.39, 0.29) is 10.0 Å². The van der Waals surface area contributed by atoms with Gasteiger partial charge in [0.1, 0.15) is 0 Å². The Labute approximate surface area is 95.6 Å². The van der Waals surface area contributed by atoms with E-state index in [4.69, 9.17) is 0 Å². The van der Waals surface area contributed by atoms with Crippen LogP contribution in [0.3, 0.4) is 0 Å². The van der Waals surface area contributed by atoms with Crippen molar-refractivity contribution in [3.8, 4) is 0 Å². The molecule has 0 saturated carbocycles. The molecule has 0 aliphatic heterocycles. The molecule has 0 bridgehead atoms. The molecule has 0 aliphatic carbocycles. The van der Waals surface area contributed by atoms with E-state index in [9.17, 15) is 13.6 Å². The number of carbonyl (C=O) groups excluding carboxylic acids is 1. The van der Waals surface area contributed by atoms with Gasteiger partial charge in [-0.1, -0.05) is 20.8 Å². The number of carbonyl (C=O) groups is 1. The molecule has 0 saturated heterocycles. The molecular weight excluding hydrogens is 266 g/mol. The minimum Gasteiger partial charge on any atom is -0.293 e. The van der Waals surface area contributed by atoms with Crippen LogP contribution in [0.1, 0.15) is 31.1 Å². The highest BCUT2D eigenvalue weighted by Gasteiger charge is 2.27. The highest BCUT2D eigenvalue weighted by molar-refractivity contribution is 9.10. The van der Waals surface area contributed by atoms with Crippen molar-refractivity contribution in [1.29, 1.82) is 0 Å². The molecule has 1 rings (SSSR count). The number of hydrogen-bond acceptors (Lipinski definition) is 1. The Morgan fingerprint density at radius 3 is 2.20 bits per heavy atom. The molecule has 1 aromatic rings. The van der Waals surface area contributed by atoms with Crippen LogP contribution >= 0.6 is 15.9 Å². The molecule has 0 fully saturated rings. The summed E-state index contributed by atoms with van der Waals surface area (Å²) in [6, 6.07) is 2.62. The van der Waals surface area contributed by atoms with Crippen LogP contribution in [0.5, 0.6) is 0 Å². The lowest BCUT2D eigenvalue weighted by Crippen LogP contribution is -2.21. The lowest BCUT2D eigenvalue weighted by Gasteiger charge is -2.17. The number of ketones is 1. The van der Waals surface area contributed by atoms with Crippen LogP contribution < -0.4 is 0 Å². The van der Waals surface area contributed by atoms with Gasteiger partial charge >= 0.3 is 0 Å². The predicted octanol–water partition coefficient (Wildman–Crippen LogP) is 3.96. The molecule has 1 aromatic carbocycles. The second-order valence-corrected chi connectivity index (χ2v) is 5.16. The fraction of sp³-hybridized carbons (Fsp3) is 0.364. The van der Waals surface area contributed by atoms with Gasteiger partial charge in [0, 0.05) is 5.41 Å². The predicted molar refractivity (Wildman–Crippen MR) is 57.8 cm³/mol. The number of Topliss-reactive ketones (excluding diaryl/α,β-unsaturated/α-hetero) is 1. The summed E-state index contributed by atoms with van der Waals surface area (Å²) in [7, 11) is 0. The molecule has 0 atom stereocenters. The molecular formula is C11H11BrF2O. The fourth-order valence-electron chi connectivity index (χ4n) is 1.11. The van der Waals surface area contributed by atoms with Gasteiger partial charge in [-0.3, -0.25) is 4.79 Å². The first-order valence-corrected chi connectivity index (χ1v) is 5.22. The summed E-state index contributed by atoms with van der Waals surface area (Å²) in [5.41, 5.74) is -0.926. The third kappa shape index (κ3) is 2.43. The molecule has 0 heterocycles. The maximum Gasteiger partial charge on any atom is 0.173 e. The topological polar surface area (TPSA) is 17.1 Å². The Kier molecular flexibility index (Phi) is 3.28. The van der Waals surface area contributed by atoms with E-state index in [1.165, 1.54) is 12.1 Å². The molecule has 4 heteroatoms. The van der Waals surface area contributed by atoms with Crippen molar-refractivity contribution in [3.05, 3.63) is 33.8 Å². The number of benzene rings is 1. The highest BCUT2D eigenvalue weighted by atomic mass is 79.9. The summed E-state index contributed by atoms with van der Waals surface area (Å²) < 4.78 is 26.6. The second-order valence-electron chi connectivity index (χ2n) is 4.30. The first-order valence-electron chi connectivity index (χ1n) is 4.43. The average Bonchev–Trinajstić information content (AvgIpc) is 2.12. The largest absolute Gasteiger partial charge is 0.293 e. The molecule has 15 heavy (non-hydrogen) atoms. The van der Waals surface area contributed by atoms with Gasteiger partial charge in [-0.15, -0.1) is 0 Å². The van der Waals surface area contributed by atoms with E-state index in [1.807, 2.05) is 0 Å². The third-order valence-electron chi connectivity index (χ3n) is 1.96. The Hall–Kier alpha value is -0.770. The number of hydrogen-bond donors (Lipinski definition) is 0. The average molecular weight is 277 g/mol. The van der Waals surface area contributed by atoms with Crippen molar-refractivity contribution in [3.63, 3.8) is 0 Å². The first-order chi connectivity index (χ1) is 6.75. The van der Waals surface area contributed by atoms with Gasteiger partial charge in [0.2, 0.25) is 0 Å². The first kappa shape index (κ1) is 12.3. The molecule has 0 aliphatic rings. The van der Waals surface area contributed by atoms with Crippen LogP contribution in [-0.2, 0) is 0 Å². The minimum atomic E-state index is -1.09. The van der Waals surface area contributed by atoms with E-state index < -0.39 is 22.8 Å². The fourth-order valence-corrected chi connectivity index (χ4v) is 1.41. The molecule has 0 amide bonds. The summed E-state index contributed by atoms with van der Waals surface area (Å²) in [6.45, 7) is 4.98. The number of rotatable bonds is 1. The standard InChI is InChI=1S/C11H11BrF2O/c1-11(2,3)10(15)6-4-5-7(12)9(14)8(6)13/h4-5H,1-3H3. The molecule has 82 valence electrons. The van der Waals surface area contributed by atoms with Gasteiger partial charge in [0.25, 0.3) is 0 Å². The zero-order chi connectivity index (χ0) is 11.8. The van der Waals surface area contributed by atoms with Gasteiger partial charge in [-0.2, -0.15) is 0 Å². The smallest absolute Gasteiger partial charge is 0.173 e. The lowest BCUT2D eigenvalue weighted by molar-refractivity contribution is 0.0853. The van der Waals surface area contributed by atoms with Crippen molar-refractivity contribution in [1.82, 2.24) is 0 Å². The zero-order valence-electron chi connectivity index (χ0n) is 8.70. The summed E-state index contributed by atoms with van der Waals surface area (Å²) in [5.74, 6) is -2.53. The van der Waals surface area contributed by atoms with Crippen molar-refractivity contribution in [2.75, 3.05) is 0 Å². The Morgan fingerprint density at radius 2 is 1.73 bits per heavy atom. The van der Waals surface area contributed by atoms with Gasteiger partial charge in [0.15, 0.2) is 17.4 Å². The van der Waals surface area contributed by atoms with Crippen molar-refractivity contribution in [2.45, 2.75) is 20.8 Å². The summed E-state index contributed by atoms with van der Waals surface area (Å²) in [6.07, 6.45) is 0. The van der Waals surface area contributed by atoms with Crippen LogP contribution in [0.25, 0.3) is 0 Å². The van der Waals surface area contributed by atoms with Gasteiger partial charge in [0.05, 0.1) is 10.0 Å². The molecule has 0 unspecified atom stereocenters. The van der Waals surface area contributed by atoms with Crippen LogP contribution in [-0.4, -0.2) is 5.78 Å². The van der Waals surface area contributed by atoms with E-state index >= 15 is 0 Å². The Bertz CT molecular complexity index is 408. The maximum atomic E-state index is 13.4. The zero-order valence-corrected chi connectivity index (χ0v) is 10.3. The van der Waals surface area contributed by atoms with Crippen molar-refractivity contribution < 1.29 is 13.6 Å². The molecule has 0 aromatic heterocycles. The van der Waals surface area contributed by atoms with E-state index in [0.29, 0.717) is 0 Å². The van der Waals surface area contributed by atoms with Crippen LogP contribution in [0.4, 0.5) is 8.78 Å². The van der Waals surface area contributed by atoms with E-state index in [2.05, 4.69) is 15.9 Å². The van der Waals surface area contributed by atoms with Crippen molar-refractivity contribution >= 4 is 21.7 Å². The third-order valence-corrected chi connectivity index (χ3v) is 2.57. The molecule has 0 radical (unpaired) electrons. The summed E-state index contributed by atoms with van der Waals surface area (Å²) in [5, 5.41) is 0. The van der Waals surface area contributed by atoms with Gasteiger partial charge in [-0.05, 0) is 28.1 Å². The molecule has 0 N–H and O–H groups in total. The number of halogens is 3. The SMILES string of the molecule is CC(C)(C)C(=O)c1ccc(Br)c(F)c1F. The lowest BCUT2D eigenvalue weighted by atomic mass is 9.86. The highest BCUT2D eigenvalue weighted by Crippen LogP contribution is 2.26. The summed E-state index contributed by atoms with van der Waals surface area (Å²) in [4.78, 5) is 11.7. The van der Waals surface area contributed by atoms with E-state index in [0.717, 1.165) is 0 Å². The van der Waals surface area contributed by atoms with Crippen LogP contribution in [0.15, 0.2) is 16.6 Å². The second kappa shape index (κ2) is 4.00. The van der Waals surface area contributed by atoms with Gasteiger partial charge < -0.3 is 0 Å². The Balaban J connectivity index is 3.29. The normalized spacial score (nSPS) is 11.6.